The molecule has 1 aliphatic rings. The molecule has 0 aliphatic carbocycles. The zero-order valence-electron chi connectivity index (χ0n) is 18.5. The van der Waals surface area contributed by atoms with E-state index in [1.54, 1.807) is 26.0 Å². The molecular weight excluding hydrogens is 470 g/mol. The van der Waals surface area contributed by atoms with Gasteiger partial charge in [-0.3, -0.25) is 4.79 Å². The molecule has 2 aromatic rings. The fourth-order valence-electron chi connectivity index (χ4n) is 3.39. The molecule has 3 rings (SSSR count). The summed E-state index contributed by atoms with van der Waals surface area (Å²) in [5.74, 6) is -1.34. The van der Waals surface area contributed by atoms with E-state index in [0.29, 0.717) is 12.0 Å². The van der Waals surface area contributed by atoms with Crippen LogP contribution in [0.4, 0.5) is 0 Å². The van der Waals surface area contributed by atoms with Crippen molar-refractivity contribution in [1.29, 1.82) is 0 Å². The molecule has 1 aliphatic heterocycles. The molecule has 0 radical (unpaired) electrons. The molecule has 1 saturated heterocycles. The average Bonchev–Trinajstić information content (AvgIpc) is 3.12. The Morgan fingerprint density at radius 3 is 2.36 bits per heavy atom. The van der Waals surface area contributed by atoms with Gasteiger partial charge in [0, 0.05) is 13.1 Å². The second-order valence-electron chi connectivity index (χ2n) is 7.97. The summed E-state index contributed by atoms with van der Waals surface area (Å²) in [6, 6.07) is 9.86. The standard InChI is InChI=1S/C22H25NO8S2/c1-15-4-5-16(2)20(12-15)33(28,29)31-19-8-6-17(7-9-19)22(25)30-13-21(24)23(3)18-10-11-32(26,27)14-18/h4-9,12,18H,10-11,13-14H2,1-3H3/t18-/m1/s1. The summed E-state index contributed by atoms with van der Waals surface area (Å²) in [6.07, 6.45) is 0.352. The highest BCUT2D eigenvalue weighted by Gasteiger charge is 2.33. The summed E-state index contributed by atoms with van der Waals surface area (Å²) in [5.41, 5.74) is 1.42. The summed E-state index contributed by atoms with van der Waals surface area (Å²) in [7, 11) is -5.72. The Labute approximate surface area is 193 Å². The number of ether oxygens (including phenoxy) is 1. The zero-order valence-corrected chi connectivity index (χ0v) is 20.1. The highest BCUT2D eigenvalue weighted by atomic mass is 32.2. The average molecular weight is 496 g/mol. The molecule has 0 spiro atoms. The number of sulfone groups is 1. The number of benzene rings is 2. The monoisotopic (exact) mass is 495 g/mol. The Balaban J connectivity index is 1.59. The van der Waals surface area contributed by atoms with Gasteiger partial charge in [0.1, 0.15) is 10.6 Å². The minimum Gasteiger partial charge on any atom is -0.452 e. The van der Waals surface area contributed by atoms with Crippen molar-refractivity contribution in [2.45, 2.75) is 31.2 Å². The van der Waals surface area contributed by atoms with Gasteiger partial charge >= 0.3 is 16.1 Å². The van der Waals surface area contributed by atoms with Crippen LogP contribution in [-0.4, -0.2) is 64.8 Å². The normalized spacial score (nSPS) is 17.4. The van der Waals surface area contributed by atoms with E-state index in [1.165, 1.54) is 42.3 Å². The number of nitrogens with zero attached hydrogens (tertiary/aromatic N) is 1. The number of aryl methyl sites for hydroxylation is 2. The van der Waals surface area contributed by atoms with Crippen molar-refractivity contribution in [1.82, 2.24) is 4.90 Å². The van der Waals surface area contributed by atoms with Gasteiger partial charge < -0.3 is 13.8 Å². The lowest BCUT2D eigenvalue weighted by atomic mass is 10.2. The SMILES string of the molecule is Cc1ccc(C)c(S(=O)(=O)Oc2ccc(C(=O)OCC(=O)N(C)[C@@H]3CCS(=O)(=O)C3)cc2)c1. The number of rotatable bonds is 7. The van der Waals surface area contributed by atoms with Gasteiger partial charge in [-0.15, -0.1) is 0 Å². The van der Waals surface area contributed by atoms with E-state index in [4.69, 9.17) is 8.92 Å². The number of carbonyl (C=O) groups excluding carboxylic acids is 2. The summed E-state index contributed by atoms with van der Waals surface area (Å²) >= 11 is 0. The molecule has 11 heteroatoms. The molecule has 0 saturated carbocycles. The molecule has 9 nitrogen and oxygen atoms in total. The Kier molecular flexibility index (Phi) is 7.13. The van der Waals surface area contributed by atoms with E-state index >= 15 is 0 Å². The first-order valence-corrected chi connectivity index (χ1v) is 13.4. The maximum atomic E-state index is 12.6. The summed E-state index contributed by atoms with van der Waals surface area (Å²) in [4.78, 5) is 25.8. The molecular formula is C22H25NO8S2. The molecule has 0 unspecified atom stereocenters. The van der Waals surface area contributed by atoms with Crippen LogP contribution in [-0.2, 0) is 29.5 Å². The van der Waals surface area contributed by atoms with E-state index in [0.717, 1.165) is 5.56 Å². The van der Waals surface area contributed by atoms with E-state index in [2.05, 4.69) is 0 Å². The number of hydrogen-bond acceptors (Lipinski definition) is 8. The lowest BCUT2D eigenvalue weighted by molar-refractivity contribution is -0.134. The van der Waals surface area contributed by atoms with E-state index in [9.17, 15) is 26.4 Å². The summed E-state index contributed by atoms with van der Waals surface area (Å²) < 4.78 is 58.5. The van der Waals surface area contributed by atoms with Gasteiger partial charge in [-0.05, 0) is 61.7 Å². The number of carbonyl (C=O) groups is 2. The van der Waals surface area contributed by atoms with Crippen LogP contribution < -0.4 is 4.18 Å². The van der Waals surface area contributed by atoms with Gasteiger partial charge in [0.25, 0.3) is 5.91 Å². The van der Waals surface area contributed by atoms with Crippen LogP contribution in [0.15, 0.2) is 47.4 Å². The maximum absolute atomic E-state index is 12.6. The zero-order chi connectivity index (χ0) is 24.4. The number of amides is 1. The van der Waals surface area contributed by atoms with Crippen LogP contribution in [0.2, 0.25) is 0 Å². The van der Waals surface area contributed by atoms with Crippen LogP contribution in [0.5, 0.6) is 5.75 Å². The van der Waals surface area contributed by atoms with Crippen molar-refractivity contribution < 1.29 is 35.3 Å². The first kappa shape index (κ1) is 24.7. The van der Waals surface area contributed by atoms with Crippen LogP contribution >= 0.6 is 0 Å². The van der Waals surface area contributed by atoms with Crippen LogP contribution in [0.1, 0.15) is 27.9 Å². The number of likely N-dealkylation sites (N-methyl/N-ethyl adjacent to an activating group) is 1. The van der Waals surface area contributed by atoms with E-state index < -0.39 is 44.5 Å². The van der Waals surface area contributed by atoms with Gasteiger partial charge in [-0.2, -0.15) is 8.42 Å². The second-order valence-corrected chi connectivity index (χ2v) is 11.7. The number of hydrogen-bond donors (Lipinski definition) is 0. The smallest absolute Gasteiger partial charge is 0.339 e. The first-order chi connectivity index (χ1) is 15.4. The summed E-state index contributed by atoms with van der Waals surface area (Å²) in [6.45, 7) is 2.90. The van der Waals surface area contributed by atoms with E-state index in [-0.39, 0.29) is 27.7 Å². The van der Waals surface area contributed by atoms with Crippen molar-refractivity contribution >= 4 is 31.8 Å². The van der Waals surface area contributed by atoms with Gasteiger partial charge in [-0.25, -0.2) is 13.2 Å². The molecule has 178 valence electrons. The van der Waals surface area contributed by atoms with Crippen molar-refractivity contribution in [2.24, 2.45) is 0 Å². The lowest BCUT2D eigenvalue weighted by Crippen LogP contribution is -2.40. The van der Waals surface area contributed by atoms with Crippen LogP contribution in [0.25, 0.3) is 0 Å². The predicted octanol–water partition coefficient (Wildman–Crippen LogP) is 1.87. The second kappa shape index (κ2) is 9.52. The third-order valence-corrected chi connectivity index (χ3v) is 8.53. The molecule has 0 N–H and O–H groups in total. The van der Waals surface area contributed by atoms with Crippen LogP contribution in [0.3, 0.4) is 0 Å². The van der Waals surface area contributed by atoms with Gasteiger partial charge in [0.05, 0.1) is 17.1 Å². The van der Waals surface area contributed by atoms with Crippen molar-refractivity contribution in [2.75, 3.05) is 25.2 Å². The first-order valence-electron chi connectivity index (χ1n) is 10.1. The van der Waals surface area contributed by atoms with Gasteiger partial charge in [0.15, 0.2) is 16.4 Å². The molecule has 1 fully saturated rings. The number of esters is 1. The molecule has 2 aromatic carbocycles. The lowest BCUT2D eigenvalue weighted by Gasteiger charge is -2.23. The maximum Gasteiger partial charge on any atom is 0.339 e. The van der Waals surface area contributed by atoms with Crippen LogP contribution in [0, 0.1) is 13.8 Å². The Morgan fingerprint density at radius 1 is 1.09 bits per heavy atom. The quantitative estimate of drug-likeness (QED) is 0.421. The molecule has 1 amide bonds. The minimum absolute atomic E-state index is 0.0192. The Bertz CT molecular complexity index is 1270. The largest absolute Gasteiger partial charge is 0.452 e. The molecule has 1 atom stereocenters. The van der Waals surface area contributed by atoms with Gasteiger partial charge in [0.2, 0.25) is 0 Å². The highest BCUT2D eigenvalue weighted by molar-refractivity contribution is 7.91. The fourth-order valence-corrected chi connectivity index (χ4v) is 6.41. The molecule has 0 aromatic heterocycles. The minimum atomic E-state index is -4.06. The Hall–Kier alpha value is -2.92. The summed E-state index contributed by atoms with van der Waals surface area (Å²) in [5, 5.41) is 0. The predicted molar refractivity (Wildman–Crippen MR) is 120 cm³/mol. The third-order valence-electron chi connectivity index (χ3n) is 5.39. The fraction of sp³-hybridized carbons (Fsp3) is 0.364. The molecule has 1 heterocycles. The molecule has 0 bridgehead atoms. The topological polar surface area (TPSA) is 124 Å². The van der Waals surface area contributed by atoms with Crippen molar-refractivity contribution in [3.8, 4) is 5.75 Å². The van der Waals surface area contributed by atoms with E-state index in [1.807, 2.05) is 0 Å². The van der Waals surface area contributed by atoms with Crippen molar-refractivity contribution in [3.63, 3.8) is 0 Å². The van der Waals surface area contributed by atoms with Crippen molar-refractivity contribution in [3.05, 3.63) is 59.2 Å². The Morgan fingerprint density at radius 2 is 1.76 bits per heavy atom. The molecule has 33 heavy (non-hydrogen) atoms. The third kappa shape index (κ3) is 6.11. The van der Waals surface area contributed by atoms with Gasteiger partial charge in [-0.1, -0.05) is 12.1 Å². The highest BCUT2D eigenvalue weighted by Crippen LogP contribution is 2.23.